The van der Waals surface area contributed by atoms with E-state index in [9.17, 15) is 4.79 Å². The average Bonchev–Trinajstić information content (AvgIpc) is 2.76. The summed E-state index contributed by atoms with van der Waals surface area (Å²) in [5.74, 6) is 0.0340. The number of hydrogen-bond acceptors (Lipinski definition) is 2. The zero-order valence-electron chi connectivity index (χ0n) is 12.5. The van der Waals surface area contributed by atoms with Crippen LogP contribution in [0.3, 0.4) is 0 Å². The summed E-state index contributed by atoms with van der Waals surface area (Å²) in [6, 6.07) is 7.60. The molecule has 2 heterocycles. The lowest BCUT2D eigenvalue weighted by molar-refractivity contribution is -0.0588. The number of nitrogens with zero attached hydrogens (tertiary/aromatic N) is 2. The van der Waals surface area contributed by atoms with Gasteiger partial charge in [-0.1, -0.05) is 17.7 Å². The second-order valence-electron chi connectivity index (χ2n) is 5.73. The van der Waals surface area contributed by atoms with Gasteiger partial charge >= 0.3 is 0 Å². The van der Waals surface area contributed by atoms with Gasteiger partial charge in [-0.15, -0.1) is 0 Å². The fourth-order valence-corrected chi connectivity index (χ4v) is 3.26. The number of amides is 1. The number of rotatable bonds is 1. The smallest absolute Gasteiger partial charge is 0.270 e. The van der Waals surface area contributed by atoms with Gasteiger partial charge in [0.25, 0.3) is 5.91 Å². The predicted molar refractivity (Wildman–Crippen MR) is 83.8 cm³/mol. The van der Waals surface area contributed by atoms with Gasteiger partial charge in [-0.3, -0.25) is 4.79 Å². The van der Waals surface area contributed by atoms with Crippen LogP contribution in [0.25, 0.3) is 10.9 Å². The van der Waals surface area contributed by atoms with Crippen molar-refractivity contribution in [3.05, 3.63) is 35.0 Å². The van der Waals surface area contributed by atoms with E-state index in [2.05, 4.69) is 0 Å². The molecule has 2 aromatic rings. The summed E-state index contributed by atoms with van der Waals surface area (Å²) in [6.45, 7) is 5.24. The van der Waals surface area contributed by atoms with Crippen LogP contribution in [0, 0.1) is 0 Å². The summed E-state index contributed by atoms with van der Waals surface area (Å²) in [4.78, 5) is 14.7. The van der Waals surface area contributed by atoms with Crippen molar-refractivity contribution >= 4 is 28.4 Å². The topological polar surface area (TPSA) is 34.5 Å². The van der Waals surface area contributed by atoms with Crippen LogP contribution in [0.5, 0.6) is 0 Å². The van der Waals surface area contributed by atoms with Crippen molar-refractivity contribution < 1.29 is 9.53 Å². The monoisotopic (exact) mass is 306 g/mol. The lowest BCUT2D eigenvalue weighted by atomic mass is 10.2. The molecule has 1 aromatic carbocycles. The van der Waals surface area contributed by atoms with Gasteiger partial charge in [0, 0.05) is 36.1 Å². The summed E-state index contributed by atoms with van der Waals surface area (Å²) in [6.07, 6.45) is 0.131. The highest BCUT2D eigenvalue weighted by Gasteiger charge is 2.28. The second kappa shape index (κ2) is 5.35. The highest BCUT2D eigenvalue weighted by molar-refractivity contribution is 6.35. The largest absolute Gasteiger partial charge is 0.372 e. The van der Waals surface area contributed by atoms with Gasteiger partial charge in [0.05, 0.1) is 12.2 Å². The summed E-state index contributed by atoms with van der Waals surface area (Å²) in [5.41, 5.74) is 1.64. The van der Waals surface area contributed by atoms with Crippen LogP contribution < -0.4 is 0 Å². The van der Waals surface area contributed by atoms with Gasteiger partial charge < -0.3 is 14.2 Å². The number of morpholine rings is 1. The van der Waals surface area contributed by atoms with Crippen molar-refractivity contribution in [2.75, 3.05) is 13.1 Å². The van der Waals surface area contributed by atoms with Gasteiger partial charge in [-0.2, -0.15) is 0 Å². The van der Waals surface area contributed by atoms with Gasteiger partial charge in [0.15, 0.2) is 0 Å². The molecule has 21 heavy (non-hydrogen) atoms. The Bertz CT molecular complexity index is 685. The van der Waals surface area contributed by atoms with E-state index in [1.165, 1.54) is 0 Å². The molecule has 1 amide bonds. The number of ether oxygens (including phenoxy) is 1. The van der Waals surface area contributed by atoms with Crippen molar-refractivity contribution in [1.82, 2.24) is 9.47 Å². The average molecular weight is 307 g/mol. The first-order valence-corrected chi connectivity index (χ1v) is 7.54. The van der Waals surface area contributed by atoms with Crippen LogP contribution in [0.1, 0.15) is 24.3 Å². The molecule has 112 valence electrons. The Morgan fingerprint density at radius 3 is 2.57 bits per heavy atom. The molecule has 0 N–H and O–H groups in total. The third-order valence-electron chi connectivity index (χ3n) is 3.96. The number of benzene rings is 1. The molecule has 0 bridgehead atoms. The van der Waals surface area contributed by atoms with Crippen molar-refractivity contribution in [3.8, 4) is 0 Å². The van der Waals surface area contributed by atoms with Gasteiger partial charge in [0.2, 0.25) is 0 Å². The fourth-order valence-electron chi connectivity index (χ4n) is 3.04. The highest BCUT2D eigenvalue weighted by atomic mass is 35.5. The molecule has 2 unspecified atom stereocenters. The summed E-state index contributed by atoms with van der Waals surface area (Å²) < 4.78 is 7.60. The van der Waals surface area contributed by atoms with Crippen LogP contribution >= 0.6 is 11.6 Å². The Morgan fingerprint density at radius 1 is 1.29 bits per heavy atom. The predicted octanol–water partition coefficient (Wildman–Crippen LogP) is 3.08. The van der Waals surface area contributed by atoms with Crippen molar-refractivity contribution in [1.29, 1.82) is 0 Å². The van der Waals surface area contributed by atoms with Gasteiger partial charge in [0.1, 0.15) is 5.69 Å². The molecule has 1 aliphatic heterocycles. The second-order valence-corrected chi connectivity index (χ2v) is 6.14. The first-order valence-electron chi connectivity index (χ1n) is 7.16. The maximum atomic E-state index is 12.8. The van der Waals surface area contributed by atoms with Gasteiger partial charge in [-0.25, -0.2) is 0 Å². The first kappa shape index (κ1) is 14.4. The van der Waals surface area contributed by atoms with E-state index in [0.717, 1.165) is 10.9 Å². The number of hydrogen-bond donors (Lipinski definition) is 0. The molecule has 1 aromatic heterocycles. The zero-order valence-corrected chi connectivity index (χ0v) is 13.2. The minimum atomic E-state index is 0.0340. The normalized spacial score (nSPS) is 22.8. The molecule has 0 saturated carbocycles. The Hall–Kier alpha value is -1.52. The first-order chi connectivity index (χ1) is 9.97. The van der Waals surface area contributed by atoms with E-state index in [-0.39, 0.29) is 18.1 Å². The van der Waals surface area contributed by atoms with Crippen molar-refractivity contribution in [2.24, 2.45) is 7.05 Å². The maximum Gasteiger partial charge on any atom is 0.270 e. The van der Waals surface area contributed by atoms with E-state index < -0.39 is 0 Å². The van der Waals surface area contributed by atoms with Crippen LogP contribution in [0.4, 0.5) is 0 Å². The minimum Gasteiger partial charge on any atom is -0.372 e. The SMILES string of the molecule is CC1CN(C(=O)c2cc3c(Cl)cccc3n2C)CC(C)O1. The fraction of sp³-hybridized carbons (Fsp3) is 0.438. The van der Waals surface area contributed by atoms with Crippen LogP contribution in [-0.4, -0.2) is 40.7 Å². The van der Waals surface area contributed by atoms with Crippen LogP contribution in [0.2, 0.25) is 5.02 Å². The molecule has 1 aliphatic rings. The number of aryl methyl sites for hydroxylation is 1. The third kappa shape index (κ3) is 2.54. The number of carbonyl (C=O) groups is 1. The molecule has 5 heteroatoms. The maximum absolute atomic E-state index is 12.8. The number of fused-ring (bicyclic) bond motifs is 1. The molecule has 2 atom stereocenters. The minimum absolute atomic E-state index is 0.0340. The summed E-state index contributed by atoms with van der Waals surface area (Å²) in [7, 11) is 1.90. The molecule has 1 fully saturated rings. The van der Waals surface area contributed by atoms with E-state index in [0.29, 0.717) is 23.8 Å². The number of carbonyl (C=O) groups excluding carboxylic acids is 1. The van der Waals surface area contributed by atoms with Crippen molar-refractivity contribution in [3.63, 3.8) is 0 Å². The molecule has 3 rings (SSSR count). The summed E-state index contributed by atoms with van der Waals surface area (Å²) in [5, 5.41) is 1.59. The van der Waals surface area contributed by atoms with E-state index in [1.54, 1.807) is 0 Å². The quantitative estimate of drug-likeness (QED) is 0.811. The van der Waals surface area contributed by atoms with Crippen LogP contribution in [0.15, 0.2) is 24.3 Å². The van der Waals surface area contributed by atoms with E-state index >= 15 is 0 Å². The van der Waals surface area contributed by atoms with E-state index in [1.807, 2.05) is 54.6 Å². The third-order valence-corrected chi connectivity index (χ3v) is 4.29. The highest BCUT2D eigenvalue weighted by Crippen LogP contribution is 2.27. The zero-order chi connectivity index (χ0) is 15.1. The Morgan fingerprint density at radius 2 is 1.95 bits per heavy atom. The molecule has 0 spiro atoms. The Balaban J connectivity index is 1.98. The molecule has 4 nitrogen and oxygen atoms in total. The summed E-state index contributed by atoms with van der Waals surface area (Å²) >= 11 is 6.22. The molecule has 0 aliphatic carbocycles. The molecular formula is C16H19ClN2O2. The lowest BCUT2D eigenvalue weighted by Crippen LogP contribution is -2.48. The molecule has 1 saturated heterocycles. The van der Waals surface area contributed by atoms with Crippen LogP contribution in [-0.2, 0) is 11.8 Å². The van der Waals surface area contributed by atoms with E-state index in [4.69, 9.17) is 16.3 Å². The standard InChI is InChI=1S/C16H19ClN2O2/c1-10-8-19(9-11(2)21-10)16(20)15-7-12-13(17)5-4-6-14(12)18(15)3/h4-7,10-11H,8-9H2,1-3H3. The molecule has 0 radical (unpaired) electrons. The Kier molecular flexibility index (Phi) is 3.68. The molecular weight excluding hydrogens is 288 g/mol. The van der Waals surface area contributed by atoms with Crippen molar-refractivity contribution in [2.45, 2.75) is 26.1 Å². The number of aromatic nitrogens is 1. The number of halogens is 1. The lowest BCUT2D eigenvalue weighted by Gasteiger charge is -2.35. The van der Waals surface area contributed by atoms with Gasteiger partial charge in [-0.05, 0) is 32.0 Å². The Labute approximate surface area is 129 Å².